The number of ether oxygens (including phenoxy) is 2. The van der Waals surface area contributed by atoms with E-state index in [2.05, 4.69) is 5.32 Å². The van der Waals surface area contributed by atoms with Crippen LogP contribution >= 0.6 is 12.4 Å². The molecule has 0 saturated carbocycles. The molecule has 0 aromatic heterocycles. The second-order valence-electron chi connectivity index (χ2n) is 6.58. The van der Waals surface area contributed by atoms with Gasteiger partial charge in [-0.05, 0) is 44.4 Å². The van der Waals surface area contributed by atoms with Crippen molar-refractivity contribution in [2.45, 2.75) is 31.7 Å². The zero-order chi connectivity index (χ0) is 18.4. The molecule has 1 aromatic carbocycles. The Kier molecular flexibility index (Phi) is 8.19. The molecule has 1 unspecified atom stereocenters. The Hall–Kier alpha value is -1.99. The average Bonchev–Trinajstić information content (AvgIpc) is 3.23. The van der Waals surface area contributed by atoms with Crippen molar-refractivity contribution < 1.29 is 19.1 Å². The molecule has 3 rings (SSSR count). The van der Waals surface area contributed by atoms with Crippen LogP contribution in [0.25, 0.3) is 0 Å². The zero-order valence-electron chi connectivity index (χ0n) is 15.7. The van der Waals surface area contributed by atoms with Crippen LogP contribution in [-0.2, 0) is 4.79 Å². The van der Waals surface area contributed by atoms with Gasteiger partial charge in [-0.1, -0.05) is 12.1 Å². The summed E-state index contributed by atoms with van der Waals surface area (Å²) in [6.45, 7) is 3.36. The Morgan fingerprint density at radius 2 is 1.93 bits per heavy atom. The van der Waals surface area contributed by atoms with Gasteiger partial charge in [0.2, 0.25) is 0 Å². The maximum Gasteiger partial charge on any atom is 0.327 e. The molecule has 1 atom stereocenters. The number of imide groups is 1. The summed E-state index contributed by atoms with van der Waals surface area (Å²) in [5, 5.41) is 3.32. The number of rotatable bonds is 10. The minimum atomic E-state index is -0.187. The van der Waals surface area contributed by atoms with Crippen LogP contribution in [0.2, 0.25) is 0 Å². The zero-order valence-corrected chi connectivity index (χ0v) is 16.5. The molecule has 7 nitrogen and oxygen atoms in total. The van der Waals surface area contributed by atoms with E-state index in [4.69, 9.17) is 9.47 Å². The fourth-order valence-corrected chi connectivity index (χ4v) is 3.50. The number of hydrogen-bond donors (Lipinski definition) is 1. The Bertz CT molecular complexity index is 621. The third-order valence-corrected chi connectivity index (χ3v) is 4.87. The molecule has 2 saturated heterocycles. The number of hydrogen-bond acceptors (Lipinski definition) is 5. The second kappa shape index (κ2) is 10.4. The number of amides is 3. The molecule has 2 aliphatic rings. The number of benzene rings is 1. The number of unbranched alkanes of at least 4 members (excludes halogenated alkanes) is 1. The lowest BCUT2D eigenvalue weighted by Crippen LogP contribution is -2.34. The van der Waals surface area contributed by atoms with Gasteiger partial charge in [0, 0.05) is 19.6 Å². The maximum atomic E-state index is 12.2. The van der Waals surface area contributed by atoms with Crippen LogP contribution in [0, 0.1) is 0 Å². The molecule has 0 spiro atoms. The molecule has 27 heavy (non-hydrogen) atoms. The Balaban J connectivity index is 0.00000261. The fraction of sp³-hybridized carbons (Fsp3) is 0.579. The van der Waals surface area contributed by atoms with Crippen LogP contribution in [0.5, 0.6) is 11.5 Å². The average molecular weight is 398 g/mol. The van der Waals surface area contributed by atoms with E-state index in [1.54, 1.807) is 12.0 Å². The van der Waals surface area contributed by atoms with E-state index >= 15 is 0 Å². The van der Waals surface area contributed by atoms with Gasteiger partial charge in [-0.25, -0.2) is 4.79 Å². The van der Waals surface area contributed by atoms with Gasteiger partial charge < -0.3 is 19.7 Å². The first-order valence-electron chi connectivity index (χ1n) is 9.31. The van der Waals surface area contributed by atoms with E-state index in [1.165, 1.54) is 4.90 Å². The summed E-state index contributed by atoms with van der Waals surface area (Å²) in [5.74, 6) is 1.46. The van der Waals surface area contributed by atoms with Crippen molar-refractivity contribution in [1.29, 1.82) is 0 Å². The first kappa shape index (κ1) is 21.3. The molecule has 0 aliphatic carbocycles. The summed E-state index contributed by atoms with van der Waals surface area (Å²) in [6, 6.07) is 7.28. The number of para-hydroxylation sites is 2. The van der Waals surface area contributed by atoms with Gasteiger partial charge in [-0.2, -0.15) is 0 Å². The topological polar surface area (TPSA) is 71.1 Å². The Morgan fingerprint density at radius 1 is 1.15 bits per heavy atom. The van der Waals surface area contributed by atoms with Gasteiger partial charge in [-0.3, -0.25) is 9.69 Å². The van der Waals surface area contributed by atoms with Crippen molar-refractivity contribution >= 4 is 24.3 Å². The fourth-order valence-electron chi connectivity index (χ4n) is 3.50. The number of halogens is 1. The molecular formula is C19H28ClN3O4. The highest BCUT2D eigenvalue weighted by Gasteiger charge is 2.46. The van der Waals surface area contributed by atoms with E-state index < -0.39 is 0 Å². The lowest BCUT2D eigenvalue weighted by Gasteiger charge is -2.15. The minimum absolute atomic E-state index is 0. The normalized spacial score (nSPS) is 18.5. The minimum Gasteiger partial charge on any atom is -0.493 e. The van der Waals surface area contributed by atoms with Gasteiger partial charge in [0.05, 0.1) is 7.11 Å². The summed E-state index contributed by atoms with van der Waals surface area (Å²) < 4.78 is 10.9. The number of nitrogens with zero attached hydrogens (tertiary/aromatic N) is 2. The molecular weight excluding hydrogens is 370 g/mol. The van der Waals surface area contributed by atoms with Gasteiger partial charge in [-0.15, -0.1) is 12.4 Å². The van der Waals surface area contributed by atoms with E-state index in [-0.39, 0.29) is 30.4 Å². The number of carbonyl (C=O) groups excluding carboxylic acids is 2. The SMILES string of the molecule is COc1ccccc1OCCNCCCCN1C(=O)C2CCCN2C1=O.Cl. The van der Waals surface area contributed by atoms with E-state index in [1.807, 2.05) is 24.3 Å². The first-order valence-corrected chi connectivity index (χ1v) is 9.31. The number of nitrogens with one attached hydrogen (secondary N) is 1. The van der Waals surface area contributed by atoms with E-state index in [0.29, 0.717) is 13.2 Å². The van der Waals surface area contributed by atoms with Crippen molar-refractivity contribution in [1.82, 2.24) is 15.1 Å². The maximum absolute atomic E-state index is 12.2. The Morgan fingerprint density at radius 3 is 2.67 bits per heavy atom. The van der Waals surface area contributed by atoms with Crippen LogP contribution in [0.3, 0.4) is 0 Å². The third kappa shape index (κ3) is 5.05. The lowest BCUT2D eigenvalue weighted by molar-refractivity contribution is -0.128. The monoisotopic (exact) mass is 397 g/mol. The molecule has 150 valence electrons. The van der Waals surface area contributed by atoms with Crippen molar-refractivity contribution in [2.75, 3.05) is 39.9 Å². The summed E-state index contributed by atoms with van der Waals surface area (Å²) >= 11 is 0. The highest BCUT2D eigenvalue weighted by Crippen LogP contribution is 2.27. The van der Waals surface area contributed by atoms with E-state index in [9.17, 15) is 9.59 Å². The van der Waals surface area contributed by atoms with Gasteiger partial charge in [0.1, 0.15) is 12.6 Å². The molecule has 0 radical (unpaired) electrons. The van der Waals surface area contributed by atoms with Gasteiger partial charge >= 0.3 is 6.03 Å². The molecule has 2 fully saturated rings. The third-order valence-electron chi connectivity index (χ3n) is 4.87. The molecule has 1 N–H and O–H groups in total. The van der Waals surface area contributed by atoms with Crippen LogP contribution < -0.4 is 14.8 Å². The van der Waals surface area contributed by atoms with Gasteiger partial charge in [0.25, 0.3) is 5.91 Å². The Labute approximate surface area is 166 Å². The standard InChI is InChI=1S/C19H27N3O4.ClH/c1-25-16-8-2-3-9-17(16)26-14-11-20-10-4-5-12-22-18(23)15-7-6-13-21(15)19(22)24;/h2-3,8-9,15,20H,4-7,10-14H2,1H3;1H. The molecule has 3 amide bonds. The molecule has 1 aromatic rings. The number of methoxy groups -OCH3 is 1. The van der Waals surface area contributed by atoms with Gasteiger partial charge in [0.15, 0.2) is 11.5 Å². The van der Waals surface area contributed by atoms with Crippen LogP contribution in [0.15, 0.2) is 24.3 Å². The molecule has 0 bridgehead atoms. The quantitative estimate of drug-likeness (QED) is 0.484. The van der Waals surface area contributed by atoms with Crippen LogP contribution in [0.4, 0.5) is 4.79 Å². The van der Waals surface area contributed by atoms with E-state index in [0.717, 1.165) is 56.8 Å². The summed E-state index contributed by atoms with van der Waals surface area (Å²) in [6.07, 6.45) is 3.49. The second-order valence-corrected chi connectivity index (χ2v) is 6.58. The molecule has 2 aliphatic heterocycles. The number of urea groups is 1. The highest BCUT2D eigenvalue weighted by molar-refractivity contribution is 6.04. The first-order chi connectivity index (χ1) is 12.7. The van der Waals surface area contributed by atoms with Crippen molar-refractivity contribution in [3.05, 3.63) is 24.3 Å². The summed E-state index contributed by atoms with van der Waals surface area (Å²) in [5.41, 5.74) is 0. The predicted molar refractivity (Wildman–Crippen MR) is 105 cm³/mol. The van der Waals surface area contributed by atoms with Crippen LogP contribution in [-0.4, -0.2) is 67.7 Å². The molecule has 8 heteroatoms. The summed E-state index contributed by atoms with van der Waals surface area (Å²) in [7, 11) is 1.63. The predicted octanol–water partition coefficient (Wildman–Crippen LogP) is 2.29. The largest absolute Gasteiger partial charge is 0.493 e. The molecule has 2 heterocycles. The number of fused-ring (bicyclic) bond motifs is 1. The van der Waals surface area contributed by atoms with Crippen LogP contribution in [0.1, 0.15) is 25.7 Å². The smallest absolute Gasteiger partial charge is 0.327 e. The highest BCUT2D eigenvalue weighted by atomic mass is 35.5. The van der Waals surface area contributed by atoms with Crippen molar-refractivity contribution in [3.63, 3.8) is 0 Å². The van der Waals surface area contributed by atoms with Crippen molar-refractivity contribution in [2.24, 2.45) is 0 Å². The summed E-state index contributed by atoms with van der Waals surface area (Å²) in [4.78, 5) is 27.5. The number of carbonyl (C=O) groups is 2. The lowest BCUT2D eigenvalue weighted by atomic mass is 10.2. The van der Waals surface area contributed by atoms with Crippen molar-refractivity contribution in [3.8, 4) is 11.5 Å².